The molecule has 1 aromatic carbocycles. The van der Waals surface area contributed by atoms with Crippen molar-refractivity contribution >= 4 is 12.4 Å². The summed E-state index contributed by atoms with van der Waals surface area (Å²) in [5.41, 5.74) is 7.09. The zero-order valence-corrected chi connectivity index (χ0v) is 6.90. The van der Waals surface area contributed by atoms with Crippen molar-refractivity contribution < 1.29 is 4.39 Å². The van der Waals surface area contributed by atoms with Crippen LogP contribution in [0.15, 0.2) is 24.3 Å². The van der Waals surface area contributed by atoms with E-state index in [0.717, 1.165) is 5.56 Å². The Labute approximate surface area is 71.8 Å². The molecule has 1 nitrogen and oxygen atoms in total. The molecule has 0 aliphatic carbocycles. The molecule has 2 N–H and O–H groups in total. The summed E-state index contributed by atoms with van der Waals surface area (Å²) in [6.45, 7) is 0.122. The predicted molar refractivity (Wildman–Crippen MR) is 46.4 cm³/mol. The maximum atomic E-state index is 11.9. The lowest BCUT2D eigenvalue weighted by molar-refractivity contribution is 0.485. The lowest BCUT2D eigenvalue weighted by Gasteiger charge is -1.96. The number of benzene rings is 1. The number of nitrogens with two attached hydrogens (primary N) is 1. The molecular weight excluding hydrogens is 165 g/mol. The largest absolute Gasteiger partial charge is 0.326 e. The smallest absolute Gasteiger partial charge is 0.115 e. The Morgan fingerprint density at radius 1 is 1.09 bits per heavy atom. The molecule has 0 unspecified atom stereocenters. The highest BCUT2D eigenvalue weighted by Gasteiger charge is 1.90. The van der Waals surface area contributed by atoms with Gasteiger partial charge in [0.1, 0.15) is 6.67 Å². The molecular formula is C8H11ClFN. The van der Waals surface area contributed by atoms with E-state index in [2.05, 4.69) is 0 Å². The van der Waals surface area contributed by atoms with Crippen molar-refractivity contribution in [2.45, 2.75) is 13.2 Å². The van der Waals surface area contributed by atoms with E-state index < -0.39 is 6.67 Å². The number of hydrogen-bond acceptors (Lipinski definition) is 1. The van der Waals surface area contributed by atoms with Crippen LogP contribution in [0.2, 0.25) is 0 Å². The minimum absolute atomic E-state index is 0. The van der Waals surface area contributed by atoms with Crippen molar-refractivity contribution in [2.24, 2.45) is 5.73 Å². The van der Waals surface area contributed by atoms with Crippen LogP contribution in [0.4, 0.5) is 4.39 Å². The molecule has 0 saturated heterocycles. The fourth-order valence-electron chi connectivity index (χ4n) is 0.764. The van der Waals surface area contributed by atoms with E-state index in [1.165, 1.54) is 0 Å². The van der Waals surface area contributed by atoms with Crippen LogP contribution in [0.5, 0.6) is 0 Å². The average molecular weight is 176 g/mol. The van der Waals surface area contributed by atoms with Gasteiger partial charge in [-0.2, -0.15) is 0 Å². The second-order valence-corrected chi connectivity index (χ2v) is 2.15. The minimum atomic E-state index is -0.398. The topological polar surface area (TPSA) is 26.0 Å². The van der Waals surface area contributed by atoms with Gasteiger partial charge >= 0.3 is 0 Å². The van der Waals surface area contributed by atoms with Gasteiger partial charge in [-0.05, 0) is 11.1 Å². The van der Waals surface area contributed by atoms with Crippen LogP contribution in [0.1, 0.15) is 11.1 Å². The third kappa shape index (κ3) is 2.87. The number of halogens is 2. The zero-order valence-electron chi connectivity index (χ0n) is 6.09. The van der Waals surface area contributed by atoms with Crippen molar-refractivity contribution in [3.8, 4) is 0 Å². The molecule has 0 amide bonds. The van der Waals surface area contributed by atoms with E-state index in [0.29, 0.717) is 12.1 Å². The maximum absolute atomic E-state index is 11.9. The van der Waals surface area contributed by atoms with Crippen LogP contribution < -0.4 is 5.73 Å². The summed E-state index contributed by atoms with van der Waals surface area (Å²) in [4.78, 5) is 0. The van der Waals surface area contributed by atoms with Gasteiger partial charge in [0, 0.05) is 6.54 Å². The van der Waals surface area contributed by atoms with Crippen LogP contribution in [-0.2, 0) is 13.2 Å². The highest BCUT2D eigenvalue weighted by molar-refractivity contribution is 5.85. The van der Waals surface area contributed by atoms with E-state index in [9.17, 15) is 4.39 Å². The first kappa shape index (κ1) is 10.4. The summed E-state index contributed by atoms with van der Waals surface area (Å²) >= 11 is 0. The lowest BCUT2D eigenvalue weighted by Crippen LogP contribution is -1.95. The second kappa shape index (κ2) is 5.10. The average Bonchev–Trinajstić information content (AvgIpc) is 2.05. The van der Waals surface area contributed by atoms with Crippen LogP contribution in [0, 0.1) is 0 Å². The van der Waals surface area contributed by atoms with Gasteiger partial charge in [0.2, 0.25) is 0 Å². The third-order valence-electron chi connectivity index (χ3n) is 1.41. The zero-order chi connectivity index (χ0) is 7.40. The number of rotatable bonds is 2. The Hall–Kier alpha value is -0.600. The van der Waals surface area contributed by atoms with Crippen LogP contribution in [-0.4, -0.2) is 0 Å². The molecule has 1 aromatic rings. The van der Waals surface area contributed by atoms with Crippen LogP contribution >= 0.6 is 12.4 Å². The monoisotopic (exact) mass is 175 g/mol. The molecule has 3 heteroatoms. The van der Waals surface area contributed by atoms with Crippen LogP contribution in [0.25, 0.3) is 0 Å². The van der Waals surface area contributed by atoms with Crippen LogP contribution in [0.3, 0.4) is 0 Å². The Morgan fingerprint density at radius 3 is 1.91 bits per heavy atom. The fraction of sp³-hybridized carbons (Fsp3) is 0.250. The first-order chi connectivity index (χ1) is 4.86. The normalized spacial score (nSPS) is 8.91. The quantitative estimate of drug-likeness (QED) is 0.732. The Morgan fingerprint density at radius 2 is 1.55 bits per heavy atom. The third-order valence-corrected chi connectivity index (χ3v) is 1.41. The van der Waals surface area contributed by atoms with Gasteiger partial charge < -0.3 is 5.73 Å². The molecule has 0 aliphatic rings. The highest BCUT2D eigenvalue weighted by atomic mass is 35.5. The van der Waals surface area contributed by atoms with Gasteiger partial charge in [-0.25, -0.2) is 4.39 Å². The van der Waals surface area contributed by atoms with E-state index in [1.807, 2.05) is 12.1 Å². The first-order valence-electron chi connectivity index (χ1n) is 3.20. The molecule has 0 atom stereocenters. The summed E-state index contributed by atoms with van der Waals surface area (Å²) in [5.74, 6) is 0. The predicted octanol–water partition coefficient (Wildman–Crippen LogP) is 2.04. The number of alkyl halides is 1. The van der Waals surface area contributed by atoms with Crippen molar-refractivity contribution in [3.05, 3.63) is 35.4 Å². The van der Waals surface area contributed by atoms with Gasteiger partial charge in [-0.3, -0.25) is 0 Å². The van der Waals surface area contributed by atoms with E-state index in [4.69, 9.17) is 5.73 Å². The molecule has 0 heterocycles. The molecule has 0 aliphatic heterocycles. The van der Waals surface area contributed by atoms with Gasteiger partial charge in [0.25, 0.3) is 0 Å². The molecule has 0 aromatic heterocycles. The summed E-state index contributed by atoms with van der Waals surface area (Å²) in [6.07, 6.45) is 0. The van der Waals surface area contributed by atoms with Gasteiger partial charge in [-0.1, -0.05) is 24.3 Å². The summed E-state index contributed by atoms with van der Waals surface area (Å²) in [5, 5.41) is 0. The second-order valence-electron chi connectivity index (χ2n) is 2.15. The molecule has 0 saturated carbocycles. The lowest BCUT2D eigenvalue weighted by atomic mass is 10.1. The molecule has 0 bridgehead atoms. The molecule has 0 radical (unpaired) electrons. The molecule has 11 heavy (non-hydrogen) atoms. The Balaban J connectivity index is 0.000001000. The highest BCUT2D eigenvalue weighted by Crippen LogP contribution is 2.04. The first-order valence-corrected chi connectivity index (χ1v) is 3.20. The Bertz CT molecular complexity index is 175. The standard InChI is InChI=1S/C8H10FN.ClH/c9-5-7-1-3-8(6-10)4-2-7;/h1-4H,5-6,10H2;1H. The van der Waals surface area contributed by atoms with Crippen molar-refractivity contribution in [1.29, 1.82) is 0 Å². The summed E-state index contributed by atoms with van der Waals surface area (Å²) < 4.78 is 11.9. The van der Waals surface area contributed by atoms with Crippen molar-refractivity contribution in [1.82, 2.24) is 0 Å². The molecule has 1 rings (SSSR count). The fourth-order valence-corrected chi connectivity index (χ4v) is 0.764. The SMILES string of the molecule is Cl.NCc1ccc(CF)cc1. The van der Waals surface area contributed by atoms with E-state index in [-0.39, 0.29) is 12.4 Å². The molecule has 62 valence electrons. The molecule has 0 spiro atoms. The summed E-state index contributed by atoms with van der Waals surface area (Å²) in [7, 11) is 0. The number of hydrogen-bond donors (Lipinski definition) is 1. The van der Waals surface area contributed by atoms with Crippen molar-refractivity contribution in [3.63, 3.8) is 0 Å². The Kier molecular flexibility index (Phi) is 4.83. The van der Waals surface area contributed by atoms with E-state index in [1.54, 1.807) is 12.1 Å². The van der Waals surface area contributed by atoms with Gasteiger partial charge in [-0.15, -0.1) is 12.4 Å². The maximum Gasteiger partial charge on any atom is 0.115 e. The minimum Gasteiger partial charge on any atom is -0.326 e. The summed E-state index contributed by atoms with van der Waals surface area (Å²) in [6, 6.07) is 7.19. The van der Waals surface area contributed by atoms with E-state index >= 15 is 0 Å². The van der Waals surface area contributed by atoms with Gasteiger partial charge in [0.05, 0.1) is 0 Å². The molecule has 0 fully saturated rings. The van der Waals surface area contributed by atoms with Gasteiger partial charge in [0.15, 0.2) is 0 Å². The van der Waals surface area contributed by atoms with Crippen molar-refractivity contribution in [2.75, 3.05) is 0 Å².